The van der Waals surface area contributed by atoms with Crippen LogP contribution in [0.3, 0.4) is 0 Å². The summed E-state index contributed by atoms with van der Waals surface area (Å²) in [6, 6.07) is 7.85. The Labute approximate surface area is 214 Å². The SMILES string of the molecule is COC(=O)NCCO[C@@H](c1cccc(Cl)c1)C1CCCN(C(=O)N[C@@H]2CNCC[C@H]2CC(C)C)C1. The second-order valence-electron chi connectivity index (χ2n) is 10.1. The first-order chi connectivity index (χ1) is 16.9. The van der Waals surface area contributed by atoms with Crippen molar-refractivity contribution in [3.63, 3.8) is 0 Å². The van der Waals surface area contributed by atoms with Crippen LogP contribution in [0.1, 0.15) is 51.2 Å². The van der Waals surface area contributed by atoms with Gasteiger partial charge in [-0.2, -0.15) is 0 Å². The average Bonchev–Trinajstić information content (AvgIpc) is 2.84. The molecule has 8 nitrogen and oxygen atoms in total. The average molecular weight is 509 g/mol. The number of carbonyl (C=O) groups excluding carboxylic acids is 2. The number of piperidine rings is 2. The van der Waals surface area contributed by atoms with Gasteiger partial charge in [0, 0.05) is 43.2 Å². The van der Waals surface area contributed by atoms with Gasteiger partial charge in [-0.05, 0) is 61.8 Å². The van der Waals surface area contributed by atoms with E-state index in [0.717, 1.165) is 50.9 Å². The van der Waals surface area contributed by atoms with Crippen LogP contribution >= 0.6 is 11.6 Å². The lowest BCUT2D eigenvalue weighted by atomic mass is 9.85. The lowest BCUT2D eigenvalue weighted by molar-refractivity contribution is -0.00878. The normalized spacial score (nSPS) is 23.6. The Balaban J connectivity index is 1.64. The van der Waals surface area contributed by atoms with E-state index in [0.29, 0.717) is 36.6 Å². The van der Waals surface area contributed by atoms with Crippen LogP contribution in [0.15, 0.2) is 24.3 Å². The highest BCUT2D eigenvalue weighted by atomic mass is 35.5. The summed E-state index contributed by atoms with van der Waals surface area (Å²) < 4.78 is 10.9. The predicted molar refractivity (Wildman–Crippen MR) is 138 cm³/mol. The monoisotopic (exact) mass is 508 g/mol. The van der Waals surface area contributed by atoms with Gasteiger partial charge in [0.15, 0.2) is 0 Å². The van der Waals surface area contributed by atoms with Gasteiger partial charge in [0.05, 0.1) is 19.8 Å². The van der Waals surface area contributed by atoms with E-state index >= 15 is 0 Å². The minimum absolute atomic E-state index is 0.00866. The fourth-order valence-corrected chi connectivity index (χ4v) is 5.46. The fraction of sp³-hybridized carbons (Fsp3) is 0.692. The van der Waals surface area contributed by atoms with E-state index in [1.54, 1.807) is 0 Å². The standard InChI is InChI=1S/C26H41ClN4O4/c1-18(2)14-19-9-10-28-16-23(19)30-25(32)31-12-5-7-21(17-31)24(20-6-4-8-22(27)15-20)35-13-11-29-26(33)34-3/h4,6,8,15,18-19,21,23-24,28H,5,7,9-14,16-17H2,1-3H3,(H,29,33)(H,30,32)/t19-,21?,23+,24-/m0/s1. The van der Waals surface area contributed by atoms with E-state index in [-0.39, 0.29) is 24.1 Å². The molecule has 196 valence electrons. The third-order valence-corrected chi connectivity index (χ3v) is 7.15. The molecule has 2 aliphatic heterocycles. The number of amides is 3. The Morgan fingerprint density at radius 2 is 2.11 bits per heavy atom. The van der Waals surface area contributed by atoms with Gasteiger partial charge in [-0.15, -0.1) is 0 Å². The third-order valence-electron chi connectivity index (χ3n) is 6.91. The van der Waals surface area contributed by atoms with Crippen LogP contribution in [-0.4, -0.2) is 69.5 Å². The molecule has 2 heterocycles. The molecule has 1 aromatic rings. The summed E-state index contributed by atoms with van der Waals surface area (Å²) in [6.45, 7) is 8.35. The van der Waals surface area contributed by atoms with E-state index in [9.17, 15) is 9.59 Å². The van der Waals surface area contributed by atoms with Crippen LogP contribution in [0.5, 0.6) is 0 Å². The number of nitrogens with one attached hydrogen (secondary N) is 3. The third kappa shape index (κ3) is 8.54. The number of hydrogen-bond acceptors (Lipinski definition) is 5. The first-order valence-corrected chi connectivity index (χ1v) is 13.2. The number of rotatable bonds is 9. The van der Waals surface area contributed by atoms with Crippen molar-refractivity contribution in [1.29, 1.82) is 0 Å². The van der Waals surface area contributed by atoms with Crippen LogP contribution in [0.2, 0.25) is 5.02 Å². The highest BCUT2D eigenvalue weighted by molar-refractivity contribution is 6.30. The minimum atomic E-state index is -0.485. The smallest absolute Gasteiger partial charge is 0.406 e. The first-order valence-electron chi connectivity index (χ1n) is 12.8. The fourth-order valence-electron chi connectivity index (χ4n) is 5.26. The number of urea groups is 1. The molecule has 1 aromatic carbocycles. The van der Waals surface area contributed by atoms with E-state index in [1.807, 2.05) is 29.2 Å². The van der Waals surface area contributed by atoms with E-state index in [1.165, 1.54) is 7.11 Å². The second kappa shape index (κ2) is 13.9. The van der Waals surface area contributed by atoms with Crippen molar-refractivity contribution in [3.05, 3.63) is 34.9 Å². The summed E-state index contributed by atoms with van der Waals surface area (Å²) in [6.07, 6.45) is 3.37. The van der Waals surface area contributed by atoms with Crippen molar-refractivity contribution >= 4 is 23.7 Å². The van der Waals surface area contributed by atoms with Crippen LogP contribution in [0.25, 0.3) is 0 Å². The molecular formula is C26H41ClN4O4. The number of ether oxygens (including phenoxy) is 2. The van der Waals surface area contributed by atoms with Crippen molar-refractivity contribution in [2.45, 2.75) is 51.7 Å². The van der Waals surface area contributed by atoms with Gasteiger partial charge >= 0.3 is 12.1 Å². The largest absolute Gasteiger partial charge is 0.453 e. The maximum absolute atomic E-state index is 13.3. The number of benzene rings is 1. The second-order valence-corrected chi connectivity index (χ2v) is 10.5. The lowest BCUT2D eigenvalue weighted by Gasteiger charge is -2.39. The summed E-state index contributed by atoms with van der Waals surface area (Å²) in [7, 11) is 1.33. The van der Waals surface area contributed by atoms with Crippen molar-refractivity contribution in [2.24, 2.45) is 17.8 Å². The maximum Gasteiger partial charge on any atom is 0.406 e. The lowest BCUT2D eigenvalue weighted by Crippen LogP contribution is -2.56. The topological polar surface area (TPSA) is 91.9 Å². The van der Waals surface area contributed by atoms with Gasteiger partial charge in [0.2, 0.25) is 0 Å². The van der Waals surface area contributed by atoms with Gasteiger partial charge < -0.3 is 30.3 Å². The molecule has 0 aromatic heterocycles. The van der Waals surface area contributed by atoms with Crippen LogP contribution in [-0.2, 0) is 9.47 Å². The highest BCUT2D eigenvalue weighted by Gasteiger charge is 2.33. The number of nitrogens with zero attached hydrogens (tertiary/aromatic N) is 1. The Morgan fingerprint density at radius 3 is 2.86 bits per heavy atom. The van der Waals surface area contributed by atoms with Crippen LogP contribution in [0, 0.1) is 17.8 Å². The number of halogens is 1. The zero-order chi connectivity index (χ0) is 25.2. The number of likely N-dealkylation sites (tertiary alicyclic amines) is 1. The summed E-state index contributed by atoms with van der Waals surface area (Å²) >= 11 is 6.28. The molecule has 1 unspecified atom stereocenters. The molecule has 2 saturated heterocycles. The van der Waals surface area contributed by atoms with Gasteiger partial charge in [0.1, 0.15) is 0 Å². The predicted octanol–water partition coefficient (Wildman–Crippen LogP) is 4.20. The molecule has 4 atom stereocenters. The van der Waals surface area contributed by atoms with Gasteiger partial charge in [-0.25, -0.2) is 9.59 Å². The zero-order valence-corrected chi connectivity index (χ0v) is 22.0. The summed E-state index contributed by atoms with van der Waals surface area (Å²) in [5, 5.41) is 10.1. The maximum atomic E-state index is 13.3. The number of carbonyl (C=O) groups is 2. The molecule has 0 radical (unpaired) electrons. The highest BCUT2D eigenvalue weighted by Crippen LogP contribution is 2.34. The van der Waals surface area contributed by atoms with Gasteiger partial charge in [0.25, 0.3) is 0 Å². The quantitative estimate of drug-likeness (QED) is 0.435. The molecule has 3 amide bonds. The summed E-state index contributed by atoms with van der Waals surface area (Å²) in [5.74, 6) is 1.24. The van der Waals surface area contributed by atoms with Crippen molar-refractivity contribution < 1.29 is 19.1 Å². The molecule has 0 spiro atoms. The molecule has 35 heavy (non-hydrogen) atoms. The molecule has 2 aliphatic rings. The van der Waals surface area contributed by atoms with Crippen molar-refractivity contribution in [1.82, 2.24) is 20.9 Å². The summed E-state index contributed by atoms with van der Waals surface area (Å²) in [4.78, 5) is 26.6. The number of alkyl carbamates (subject to hydrolysis) is 1. The van der Waals surface area contributed by atoms with Crippen molar-refractivity contribution in [2.75, 3.05) is 46.4 Å². The van der Waals surface area contributed by atoms with Gasteiger partial charge in [-0.3, -0.25) is 0 Å². The van der Waals surface area contributed by atoms with Gasteiger partial charge in [-0.1, -0.05) is 37.6 Å². The zero-order valence-electron chi connectivity index (χ0n) is 21.2. The van der Waals surface area contributed by atoms with E-state index in [2.05, 4.69) is 34.5 Å². The molecule has 3 N–H and O–H groups in total. The number of hydrogen-bond donors (Lipinski definition) is 3. The van der Waals surface area contributed by atoms with Crippen LogP contribution < -0.4 is 16.0 Å². The Hall–Kier alpha value is -2.03. The molecule has 0 saturated carbocycles. The Bertz CT molecular complexity index is 824. The Morgan fingerprint density at radius 1 is 1.29 bits per heavy atom. The molecule has 9 heteroatoms. The molecule has 0 aliphatic carbocycles. The van der Waals surface area contributed by atoms with E-state index in [4.69, 9.17) is 16.3 Å². The Kier molecular flexibility index (Phi) is 10.9. The molecule has 2 fully saturated rings. The minimum Gasteiger partial charge on any atom is -0.453 e. The summed E-state index contributed by atoms with van der Waals surface area (Å²) in [5.41, 5.74) is 0.983. The van der Waals surface area contributed by atoms with E-state index < -0.39 is 6.09 Å². The molecule has 0 bridgehead atoms. The number of methoxy groups -OCH3 is 1. The first kappa shape index (κ1) is 27.6. The van der Waals surface area contributed by atoms with Crippen molar-refractivity contribution in [3.8, 4) is 0 Å². The molecular weight excluding hydrogens is 468 g/mol. The van der Waals surface area contributed by atoms with Crippen LogP contribution in [0.4, 0.5) is 9.59 Å². The molecule has 3 rings (SSSR count).